The van der Waals surface area contributed by atoms with Crippen LogP contribution in [0.15, 0.2) is 77.7 Å². The molecule has 0 aliphatic heterocycles. The standard InChI is InChI=1S/C25H30N2O2S/c1-18(2)17-25(27-30(28,29)22-15-13-19(3)14-16-22)20(4)23-11-8-12-24(26-23)21-9-6-5-7-10-21/h5-16,18,20,25,27H,17H2,1-4H3/t20-,25-/m0/s1. The van der Waals surface area contributed by atoms with Crippen LogP contribution in [0, 0.1) is 12.8 Å². The second kappa shape index (κ2) is 9.54. The molecule has 0 aliphatic rings. The van der Waals surface area contributed by atoms with Gasteiger partial charge in [0.1, 0.15) is 0 Å². The summed E-state index contributed by atoms with van der Waals surface area (Å²) in [7, 11) is -3.61. The molecule has 0 saturated heterocycles. The van der Waals surface area contributed by atoms with Crippen LogP contribution in [0.4, 0.5) is 0 Å². The van der Waals surface area contributed by atoms with Crippen LogP contribution in [0.2, 0.25) is 0 Å². The van der Waals surface area contributed by atoms with Gasteiger partial charge in [-0.25, -0.2) is 13.1 Å². The van der Waals surface area contributed by atoms with E-state index < -0.39 is 10.0 Å². The summed E-state index contributed by atoms with van der Waals surface area (Å²) in [6.07, 6.45) is 0.726. The summed E-state index contributed by atoms with van der Waals surface area (Å²) >= 11 is 0. The fourth-order valence-electron chi connectivity index (χ4n) is 3.53. The van der Waals surface area contributed by atoms with Gasteiger partial charge in [-0.1, -0.05) is 74.9 Å². The lowest BCUT2D eigenvalue weighted by Gasteiger charge is -2.26. The van der Waals surface area contributed by atoms with Gasteiger partial charge >= 0.3 is 0 Å². The van der Waals surface area contributed by atoms with Crippen LogP contribution in [-0.4, -0.2) is 19.4 Å². The van der Waals surface area contributed by atoms with Crippen LogP contribution in [0.5, 0.6) is 0 Å². The SMILES string of the molecule is Cc1ccc(S(=O)(=O)N[C@@H](CC(C)C)[C@@H](C)c2cccc(-c3ccccc3)n2)cc1. The average molecular weight is 423 g/mol. The first-order chi connectivity index (χ1) is 14.3. The zero-order valence-corrected chi connectivity index (χ0v) is 18.9. The number of nitrogens with zero attached hydrogens (tertiary/aromatic N) is 1. The van der Waals surface area contributed by atoms with Gasteiger partial charge < -0.3 is 0 Å². The molecule has 0 unspecified atom stereocenters. The fraction of sp³-hybridized carbons (Fsp3) is 0.320. The second-order valence-electron chi connectivity index (χ2n) is 8.27. The predicted octanol–water partition coefficient (Wildman–Crippen LogP) is 5.55. The van der Waals surface area contributed by atoms with Crippen molar-refractivity contribution in [2.24, 2.45) is 5.92 Å². The van der Waals surface area contributed by atoms with E-state index in [-0.39, 0.29) is 12.0 Å². The zero-order valence-electron chi connectivity index (χ0n) is 18.0. The molecule has 0 bridgehead atoms. The molecule has 0 spiro atoms. The maximum absolute atomic E-state index is 13.0. The predicted molar refractivity (Wildman–Crippen MR) is 123 cm³/mol. The summed E-state index contributed by atoms with van der Waals surface area (Å²) in [5, 5.41) is 0. The van der Waals surface area contributed by atoms with Gasteiger partial charge in [-0.3, -0.25) is 4.98 Å². The quantitative estimate of drug-likeness (QED) is 0.517. The Labute approximate surface area is 180 Å². The Morgan fingerprint density at radius 2 is 1.53 bits per heavy atom. The van der Waals surface area contributed by atoms with E-state index in [9.17, 15) is 8.42 Å². The molecule has 2 aromatic carbocycles. The molecule has 1 aromatic heterocycles. The molecule has 5 heteroatoms. The summed E-state index contributed by atoms with van der Waals surface area (Å²) in [6, 6.07) is 22.7. The number of aryl methyl sites for hydroxylation is 1. The van der Waals surface area contributed by atoms with Crippen LogP contribution in [0.1, 0.15) is 44.4 Å². The molecular formula is C25H30N2O2S. The summed E-state index contributed by atoms with van der Waals surface area (Å²) in [5.41, 5.74) is 3.86. The van der Waals surface area contributed by atoms with Gasteiger partial charge in [0.05, 0.1) is 10.6 Å². The van der Waals surface area contributed by atoms with E-state index in [1.54, 1.807) is 12.1 Å². The van der Waals surface area contributed by atoms with Gasteiger partial charge in [-0.2, -0.15) is 0 Å². The van der Waals surface area contributed by atoms with Crippen molar-refractivity contribution in [1.82, 2.24) is 9.71 Å². The smallest absolute Gasteiger partial charge is 0.240 e. The lowest BCUT2D eigenvalue weighted by Crippen LogP contribution is -2.39. The molecular weight excluding hydrogens is 392 g/mol. The topological polar surface area (TPSA) is 59.1 Å². The third-order valence-corrected chi connectivity index (χ3v) is 6.78. The summed E-state index contributed by atoms with van der Waals surface area (Å²) in [4.78, 5) is 5.14. The van der Waals surface area contributed by atoms with Crippen molar-refractivity contribution < 1.29 is 8.42 Å². The van der Waals surface area contributed by atoms with Gasteiger partial charge in [-0.15, -0.1) is 0 Å². The van der Waals surface area contributed by atoms with E-state index in [4.69, 9.17) is 4.98 Å². The number of nitrogens with one attached hydrogen (secondary N) is 1. The highest BCUT2D eigenvalue weighted by Gasteiger charge is 2.27. The van der Waals surface area contributed by atoms with Crippen LogP contribution in [0.3, 0.4) is 0 Å². The van der Waals surface area contributed by atoms with Gasteiger partial charge in [0, 0.05) is 23.2 Å². The third-order valence-electron chi connectivity index (χ3n) is 5.27. The van der Waals surface area contributed by atoms with Crippen LogP contribution < -0.4 is 4.72 Å². The number of pyridine rings is 1. The first kappa shape index (κ1) is 22.2. The second-order valence-corrected chi connectivity index (χ2v) is 9.99. The normalized spacial score (nSPS) is 13.9. The number of benzene rings is 2. The summed E-state index contributed by atoms with van der Waals surface area (Å²) in [6.45, 7) is 8.20. The lowest BCUT2D eigenvalue weighted by atomic mass is 9.91. The first-order valence-electron chi connectivity index (χ1n) is 10.4. The maximum atomic E-state index is 13.0. The molecule has 3 aromatic rings. The van der Waals surface area contributed by atoms with Crippen molar-refractivity contribution >= 4 is 10.0 Å². The van der Waals surface area contributed by atoms with Gasteiger partial charge in [-0.05, 0) is 43.5 Å². The molecule has 2 atom stereocenters. The van der Waals surface area contributed by atoms with Gasteiger partial charge in [0.15, 0.2) is 0 Å². The Kier molecular flexibility index (Phi) is 7.06. The molecule has 4 nitrogen and oxygen atoms in total. The first-order valence-corrected chi connectivity index (χ1v) is 11.9. The highest BCUT2D eigenvalue weighted by atomic mass is 32.2. The van der Waals surface area contributed by atoms with E-state index in [0.29, 0.717) is 10.8 Å². The van der Waals surface area contributed by atoms with Crippen molar-refractivity contribution in [3.05, 3.63) is 84.1 Å². The van der Waals surface area contributed by atoms with E-state index in [1.165, 1.54) is 0 Å². The summed E-state index contributed by atoms with van der Waals surface area (Å²) in [5.74, 6) is 0.270. The Morgan fingerprint density at radius 1 is 0.867 bits per heavy atom. The molecule has 1 heterocycles. The maximum Gasteiger partial charge on any atom is 0.240 e. The number of hydrogen-bond acceptors (Lipinski definition) is 3. The molecule has 0 saturated carbocycles. The minimum absolute atomic E-state index is 0.0729. The molecule has 158 valence electrons. The molecule has 3 rings (SSSR count). The number of rotatable bonds is 8. The molecule has 1 N–H and O–H groups in total. The Balaban J connectivity index is 1.89. The van der Waals surface area contributed by atoms with E-state index in [0.717, 1.165) is 28.9 Å². The monoisotopic (exact) mass is 422 g/mol. The van der Waals surface area contributed by atoms with Crippen molar-refractivity contribution in [3.8, 4) is 11.3 Å². The molecule has 0 fully saturated rings. The Hall–Kier alpha value is -2.50. The lowest BCUT2D eigenvalue weighted by molar-refractivity contribution is 0.413. The minimum Gasteiger partial charge on any atom is -0.252 e. The van der Waals surface area contributed by atoms with Crippen molar-refractivity contribution in [1.29, 1.82) is 0 Å². The third kappa shape index (κ3) is 5.55. The minimum atomic E-state index is -3.61. The van der Waals surface area contributed by atoms with Crippen molar-refractivity contribution in [2.75, 3.05) is 0 Å². The molecule has 0 amide bonds. The Bertz CT molecular complexity index is 1060. The molecule has 0 aliphatic carbocycles. The van der Waals surface area contributed by atoms with E-state index >= 15 is 0 Å². The van der Waals surface area contributed by atoms with E-state index in [1.807, 2.05) is 74.5 Å². The Morgan fingerprint density at radius 3 is 2.17 bits per heavy atom. The van der Waals surface area contributed by atoms with Gasteiger partial charge in [0.2, 0.25) is 10.0 Å². The fourth-order valence-corrected chi connectivity index (χ4v) is 4.86. The largest absolute Gasteiger partial charge is 0.252 e. The summed E-state index contributed by atoms with van der Waals surface area (Å²) < 4.78 is 29.0. The van der Waals surface area contributed by atoms with E-state index in [2.05, 4.69) is 18.6 Å². The van der Waals surface area contributed by atoms with Crippen LogP contribution in [-0.2, 0) is 10.0 Å². The average Bonchev–Trinajstić information content (AvgIpc) is 2.73. The molecule has 0 radical (unpaired) electrons. The highest BCUT2D eigenvalue weighted by molar-refractivity contribution is 7.89. The molecule has 30 heavy (non-hydrogen) atoms. The highest BCUT2D eigenvalue weighted by Crippen LogP contribution is 2.26. The van der Waals surface area contributed by atoms with Crippen molar-refractivity contribution in [3.63, 3.8) is 0 Å². The van der Waals surface area contributed by atoms with Crippen molar-refractivity contribution in [2.45, 2.75) is 51.0 Å². The van der Waals surface area contributed by atoms with Crippen LogP contribution in [0.25, 0.3) is 11.3 Å². The van der Waals surface area contributed by atoms with Crippen LogP contribution >= 0.6 is 0 Å². The zero-order chi connectivity index (χ0) is 21.7. The number of sulfonamides is 1. The number of aromatic nitrogens is 1. The number of hydrogen-bond donors (Lipinski definition) is 1. The van der Waals surface area contributed by atoms with Gasteiger partial charge in [0.25, 0.3) is 0 Å².